The maximum absolute atomic E-state index is 11.3. The summed E-state index contributed by atoms with van der Waals surface area (Å²) in [6.07, 6.45) is 0. The van der Waals surface area contributed by atoms with Crippen LogP contribution in [0.2, 0.25) is 0 Å². The molecule has 17 heavy (non-hydrogen) atoms. The van der Waals surface area contributed by atoms with Gasteiger partial charge < -0.3 is 14.8 Å². The van der Waals surface area contributed by atoms with E-state index in [4.69, 9.17) is 9.47 Å². The number of hydrogen-bond acceptors (Lipinski definition) is 5. The van der Waals surface area contributed by atoms with Crippen molar-refractivity contribution in [2.45, 2.75) is 0 Å². The van der Waals surface area contributed by atoms with E-state index in [2.05, 4.69) is 5.32 Å². The molecule has 5 heteroatoms. The molecule has 0 aliphatic carbocycles. The fourth-order valence-corrected chi connectivity index (χ4v) is 1.50. The van der Waals surface area contributed by atoms with E-state index in [1.54, 1.807) is 31.4 Å². The van der Waals surface area contributed by atoms with Gasteiger partial charge >= 0.3 is 0 Å². The van der Waals surface area contributed by atoms with Crippen LogP contribution in [0.25, 0.3) is 0 Å². The third-order valence-corrected chi connectivity index (χ3v) is 2.43. The van der Waals surface area contributed by atoms with E-state index in [1.807, 2.05) is 0 Å². The molecule has 0 fully saturated rings. The second-order valence-corrected chi connectivity index (χ2v) is 3.42. The van der Waals surface area contributed by atoms with Gasteiger partial charge in [0.25, 0.3) is 10.9 Å². The van der Waals surface area contributed by atoms with Gasteiger partial charge in [-0.2, -0.15) is 0 Å². The molecule has 0 radical (unpaired) electrons. The Hall–Kier alpha value is -2.30. The Kier molecular flexibility index (Phi) is 2.82. The molecular formula is C12H11NO4. The molecule has 0 saturated heterocycles. The Morgan fingerprint density at radius 1 is 0.941 bits per heavy atom. The van der Waals surface area contributed by atoms with Gasteiger partial charge in [-0.05, 0) is 24.3 Å². The zero-order valence-electron chi connectivity index (χ0n) is 9.44. The van der Waals surface area contributed by atoms with Crippen LogP contribution in [-0.4, -0.2) is 14.2 Å². The van der Waals surface area contributed by atoms with Gasteiger partial charge in [-0.25, -0.2) is 0 Å². The monoisotopic (exact) mass is 233 g/mol. The van der Waals surface area contributed by atoms with E-state index in [0.717, 1.165) is 0 Å². The molecule has 0 atom stereocenters. The van der Waals surface area contributed by atoms with Crippen molar-refractivity contribution in [1.29, 1.82) is 0 Å². The number of methoxy groups -OCH3 is 2. The molecule has 0 aliphatic heterocycles. The van der Waals surface area contributed by atoms with Gasteiger partial charge in [-0.15, -0.1) is 0 Å². The molecule has 0 aliphatic rings. The Balaban J connectivity index is 2.23. The number of ether oxygens (including phenoxy) is 2. The van der Waals surface area contributed by atoms with Gasteiger partial charge in [0.05, 0.1) is 14.2 Å². The van der Waals surface area contributed by atoms with Gasteiger partial charge in [-0.1, -0.05) is 0 Å². The van der Waals surface area contributed by atoms with Crippen molar-refractivity contribution in [3.05, 3.63) is 44.7 Å². The molecule has 0 heterocycles. The van der Waals surface area contributed by atoms with E-state index in [0.29, 0.717) is 11.4 Å². The largest absolute Gasteiger partial charge is 0.497 e. The topological polar surface area (TPSA) is 64.6 Å². The third kappa shape index (κ3) is 1.87. The number of nitrogens with one attached hydrogen (secondary N) is 1. The van der Waals surface area contributed by atoms with Crippen LogP contribution in [0.1, 0.15) is 0 Å². The molecule has 0 amide bonds. The molecule has 0 saturated carbocycles. The summed E-state index contributed by atoms with van der Waals surface area (Å²) in [6, 6.07) is 6.99. The van der Waals surface area contributed by atoms with Crippen LogP contribution in [0, 0.1) is 0 Å². The fraction of sp³-hybridized carbons (Fsp3) is 0.167. The molecule has 0 spiro atoms. The molecule has 5 nitrogen and oxygen atoms in total. The highest BCUT2D eigenvalue weighted by Gasteiger charge is 2.21. The lowest BCUT2D eigenvalue weighted by Crippen LogP contribution is -2.34. The van der Waals surface area contributed by atoms with Crippen LogP contribution in [-0.2, 0) is 0 Å². The molecule has 2 aromatic rings. The van der Waals surface area contributed by atoms with Crippen molar-refractivity contribution in [3.63, 3.8) is 0 Å². The standard InChI is InChI=1S/C12H11NO4/c1-16-8-5-3-7(4-6-8)13-9-10(14)11(15)12(9)17-2/h3-6,13H,1-2H3. The lowest BCUT2D eigenvalue weighted by molar-refractivity contribution is 0.408. The SMILES string of the molecule is COc1ccc(Nc2c(OC)c(=O)c2=O)cc1. The second-order valence-electron chi connectivity index (χ2n) is 3.42. The van der Waals surface area contributed by atoms with E-state index in [-0.39, 0.29) is 11.4 Å². The lowest BCUT2D eigenvalue weighted by atomic mass is 10.2. The van der Waals surface area contributed by atoms with Crippen molar-refractivity contribution in [3.8, 4) is 11.5 Å². The maximum Gasteiger partial charge on any atom is 0.272 e. The smallest absolute Gasteiger partial charge is 0.272 e. The first-order valence-corrected chi connectivity index (χ1v) is 4.95. The van der Waals surface area contributed by atoms with E-state index < -0.39 is 10.9 Å². The summed E-state index contributed by atoms with van der Waals surface area (Å²) in [5.41, 5.74) is -0.264. The predicted molar refractivity (Wildman–Crippen MR) is 64.2 cm³/mol. The highest BCUT2D eigenvalue weighted by molar-refractivity contribution is 5.70. The van der Waals surface area contributed by atoms with Crippen LogP contribution in [0.4, 0.5) is 11.4 Å². The minimum atomic E-state index is -0.594. The van der Waals surface area contributed by atoms with Crippen LogP contribution in [0.15, 0.2) is 33.9 Å². The summed E-state index contributed by atoms with van der Waals surface area (Å²) in [7, 11) is 2.93. The lowest BCUT2D eigenvalue weighted by Gasteiger charge is -2.11. The molecule has 1 N–H and O–H groups in total. The van der Waals surface area contributed by atoms with Crippen LogP contribution < -0.4 is 25.6 Å². The molecule has 88 valence electrons. The molecule has 0 aromatic heterocycles. The zero-order valence-corrected chi connectivity index (χ0v) is 9.44. The van der Waals surface area contributed by atoms with Crippen molar-refractivity contribution in [2.75, 3.05) is 19.5 Å². The van der Waals surface area contributed by atoms with E-state index in [1.165, 1.54) is 7.11 Å². The van der Waals surface area contributed by atoms with Crippen molar-refractivity contribution >= 4 is 11.4 Å². The number of hydrogen-bond donors (Lipinski definition) is 1. The molecule has 2 rings (SSSR count). The van der Waals surface area contributed by atoms with Gasteiger partial charge in [0.2, 0.25) is 0 Å². The molecule has 0 bridgehead atoms. The Morgan fingerprint density at radius 2 is 1.59 bits per heavy atom. The summed E-state index contributed by atoms with van der Waals surface area (Å²) >= 11 is 0. The summed E-state index contributed by atoms with van der Waals surface area (Å²) in [5, 5.41) is 2.84. The molecule has 2 aromatic carbocycles. The average molecular weight is 233 g/mol. The number of rotatable bonds is 4. The van der Waals surface area contributed by atoms with Gasteiger partial charge in [0, 0.05) is 5.69 Å². The fourth-order valence-electron chi connectivity index (χ4n) is 1.50. The van der Waals surface area contributed by atoms with Crippen molar-refractivity contribution < 1.29 is 9.47 Å². The Morgan fingerprint density at radius 3 is 2.12 bits per heavy atom. The van der Waals surface area contributed by atoms with E-state index in [9.17, 15) is 9.59 Å². The van der Waals surface area contributed by atoms with Gasteiger partial charge in [0.1, 0.15) is 11.4 Å². The Labute approximate surface area is 97.3 Å². The first kappa shape index (κ1) is 11.2. The summed E-state index contributed by atoms with van der Waals surface area (Å²) < 4.78 is 9.83. The highest BCUT2D eigenvalue weighted by atomic mass is 16.5. The molecular weight excluding hydrogens is 222 g/mol. The predicted octanol–water partition coefficient (Wildman–Crippen LogP) is 1.04. The summed E-state index contributed by atoms with van der Waals surface area (Å²) in [5.74, 6) is 0.790. The first-order valence-electron chi connectivity index (χ1n) is 4.95. The Bertz CT molecular complexity index is 594. The van der Waals surface area contributed by atoms with Crippen LogP contribution >= 0.6 is 0 Å². The average Bonchev–Trinajstić information content (AvgIpc) is 2.38. The minimum absolute atomic E-state index is 0.0748. The number of benzene rings is 1. The van der Waals surface area contributed by atoms with Crippen molar-refractivity contribution in [2.24, 2.45) is 0 Å². The minimum Gasteiger partial charge on any atom is -0.497 e. The van der Waals surface area contributed by atoms with Gasteiger partial charge in [0.15, 0.2) is 5.75 Å². The van der Waals surface area contributed by atoms with Crippen LogP contribution in [0.5, 0.6) is 11.5 Å². The first-order chi connectivity index (χ1) is 8.17. The van der Waals surface area contributed by atoms with Gasteiger partial charge in [-0.3, -0.25) is 9.59 Å². The second kappa shape index (κ2) is 4.29. The summed E-state index contributed by atoms with van der Waals surface area (Å²) in [4.78, 5) is 22.4. The maximum atomic E-state index is 11.3. The van der Waals surface area contributed by atoms with Crippen LogP contribution in [0.3, 0.4) is 0 Å². The highest BCUT2D eigenvalue weighted by Crippen LogP contribution is 2.23. The quantitative estimate of drug-likeness (QED) is 0.799. The molecule has 0 unspecified atom stereocenters. The normalized spacial score (nSPS) is 10.2. The summed E-state index contributed by atoms with van der Waals surface area (Å²) in [6.45, 7) is 0. The van der Waals surface area contributed by atoms with Crippen molar-refractivity contribution in [1.82, 2.24) is 0 Å². The van der Waals surface area contributed by atoms with E-state index >= 15 is 0 Å². The number of anilines is 2. The third-order valence-electron chi connectivity index (χ3n) is 2.43. The zero-order chi connectivity index (χ0) is 12.4.